The summed E-state index contributed by atoms with van der Waals surface area (Å²) in [6.45, 7) is 6.85. The van der Waals surface area contributed by atoms with E-state index in [0.29, 0.717) is 5.57 Å². The zero-order valence-electron chi connectivity index (χ0n) is 22.4. The van der Waals surface area contributed by atoms with Crippen LogP contribution in [0.3, 0.4) is 0 Å². The Hall–Kier alpha value is -1.77. The van der Waals surface area contributed by atoms with Gasteiger partial charge in [0, 0.05) is 12.0 Å². The summed E-state index contributed by atoms with van der Waals surface area (Å²) in [5.74, 6) is 2.54. The van der Waals surface area contributed by atoms with E-state index in [1.54, 1.807) is 0 Å². The highest BCUT2D eigenvalue weighted by Crippen LogP contribution is 2.38. The van der Waals surface area contributed by atoms with Crippen LogP contribution in [0.5, 0.6) is 5.75 Å². The number of hydrogen-bond acceptors (Lipinski definition) is 3. The molecule has 1 aliphatic heterocycles. The van der Waals surface area contributed by atoms with Gasteiger partial charge in [0.2, 0.25) is 0 Å². The van der Waals surface area contributed by atoms with Gasteiger partial charge in [-0.1, -0.05) is 89.8 Å². The largest absolute Gasteiger partial charge is 0.494 e. The zero-order valence-corrected chi connectivity index (χ0v) is 22.4. The summed E-state index contributed by atoms with van der Waals surface area (Å²) >= 11 is 0. The zero-order chi connectivity index (χ0) is 24.7. The number of cyclic esters (lactones) is 1. The Morgan fingerprint density at radius 1 is 0.829 bits per heavy atom. The van der Waals surface area contributed by atoms with Crippen LogP contribution in [-0.2, 0) is 9.53 Å². The van der Waals surface area contributed by atoms with E-state index >= 15 is 0 Å². The molecule has 3 rings (SSSR count). The molecule has 1 aromatic carbocycles. The maximum atomic E-state index is 11.3. The summed E-state index contributed by atoms with van der Waals surface area (Å²) in [5, 5.41) is 0. The molecule has 1 aliphatic carbocycles. The van der Waals surface area contributed by atoms with Crippen LogP contribution in [0.15, 0.2) is 36.4 Å². The van der Waals surface area contributed by atoms with Crippen molar-refractivity contribution < 1.29 is 14.3 Å². The highest BCUT2D eigenvalue weighted by Gasteiger charge is 2.26. The molecule has 0 radical (unpaired) electrons. The normalized spacial score (nSPS) is 22.4. The molecule has 0 bridgehead atoms. The Bertz CT molecular complexity index is 714. The van der Waals surface area contributed by atoms with Crippen molar-refractivity contribution in [3.05, 3.63) is 42.0 Å². The summed E-state index contributed by atoms with van der Waals surface area (Å²) in [7, 11) is 0. The quantitative estimate of drug-likeness (QED) is 0.126. The van der Waals surface area contributed by atoms with E-state index < -0.39 is 0 Å². The van der Waals surface area contributed by atoms with Crippen molar-refractivity contribution in [1.82, 2.24) is 0 Å². The number of rotatable bonds is 17. The molecule has 196 valence electrons. The van der Waals surface area contributed by atoms with Crippen molar-refractivity contribution >= 4 is 5.97 Å². The van der Waals surface area contributed by atoms with E-state index in [0.717, 1.165) is 49.9 Å². The molecule has 1 saturated carbocycles. The van der Waals surface area contributed by atoms with Crippen molar-refractivity contribution in [2.45, 2.75) is 135 Å². The lowest BCUT2D eigenvalue weighted by Gasteiger charge is -2.29. The summed E-state index contributed by atoms with van der Waals surface area (Å²) in [5.41, 5.74) is 2.14. The Labute approximate surface area is 215 Å². The van der Waals surface area contributed by atoms with Crippen LogP contribution < -0.4 is 4.74 Å². The molecular formula is C32H50O3. The number of ether oxygens (including phenoxy) is 2. The van der Waals surface area contributed by atoms with E-state index in [9.17, 15) is 4.79 Å². The lowest BCUT2D eigenvalue weighted by molar-refractivity contribution is -0.139. The molecule has 1 heterocycles. The van der Waals surface area contributed by atoms with Crippen molar-refractivity contribution in [3.8, 4) is 5.75 Å². The molecule has 1 unspecified atom stereocenters. The fourth-order valence-electron chi connectivity index (χ4n) is 5.82. The SMILES string of the molecule is C=C1CC(CCCCCCCCOc2ccc(C3CCC(CCCCCCC)CC3)cc2)OC1=O. The second-order valence-corrected chi connectivity index (χ2v) is 11.1. The molecule has 35 heavy (non-hydrogen) atoms. The molecule has 0 amide bonds. The number of carbonyl (C=O) groups is 1. The highest BCUT2D eigenvalue weighted by atomic mass is 16.5. The van der Waals surface area contributed by atoms with E-state index in [2.05, 4.69) is 37.8 Å². The Balaban J connectivity index is 1.17. The first kappa shape index (κ1) is 27.8. The maximum absolute atomic E-state index is 11.3. The van der Waals surface area contributed by atoms with Gasteiger partial charge in [0.25, 0.3) is 0 Å². The fourth-order valence-corrected chi connectivity index (χ4v) is 5.82. The molecule has 0 spiro atoms. The molecule has 3 nitrogen and oxygen atoms in total. The Kier molecular flexibility index (Phi) is 12.8. The summed E-state index contributed by atoms with van der Waals surface area (Å²) < 4.78 is 11.3. The molecule has 1 aromatic rings. The van der Waals surface area contributed by atoms with Gasteiger partial charge in [0.15, 0.2) is 0 Å². The summed E-state index contributed by atoms with van der Waals surface area (Å²) in [6, 6.07) is 8.98. The number of benzene rings is 1. The third-order valence-electron chi connectivity index (χ3n) is 8.14. The monoisotopic (exact) mass is 482 g/mol. The van der Waals surface area contributed by atoms with Gasteiger partial charge in [-0.25, -0.2) is 4.79 Å². The standard InChI is InChI=1S/C32H50O3/c1-3-4-5-8-11-14-27-16-18-28(19-17-27)29-20-22-30(23-21-29)34-24-13-10-7-6-9-12-15-31-25-26(2)32(33)35-31/h20-23,27-28,31H,2-19,24-25H2,1H3. The maximum Gasteiger partial charge on any atom is 0.333 e. The average molecular weight is 483 g/mol. The third-order valence-corrected chi connectivity index (χ3v) is 8.14. The minimum atomic E-state index is -0.199. The molecule has 1 saturated heterocycles. The van der Waals surface area contributed by atoms with Gasteiger partial charge < -0.3 is 9.47 Å². The molecule has 0 N–H and O–H groups in total. The molecule has 2 aliphatic rings. The number of carbonyl (C=O) groups excluding carboxylic acids is 1. The van der Waals surface area contributed by atoms with Crippen LogP contribution in [-0.4, -0.2) is 18.7 Å². The van der Waals surface area contributed by atoms with Crippen LogP contribution >= 0.6 is 0 Å². The predicted molar refractivity (Wildman–Crippen MR) is 146 cm³/mol. The van der Waals surface area contributed by atoms with Crippen LogP contribution in [0.4, 0.5) is 0 Å². The average Bonchev–Trinajstić information content (AvgIpc) is 3.20. The first-order valence-corrected chi connectivity index (χ1v) is 14.8. The lowest BCUT2D eigenvalue weighted by atomic mass is 9.77. The molecular weight excluding hydrogens is 432 g/mol. The van der Waals surface area contributed by atoms with Crippen LogP contribution in [0.2, 0.25) is 0 Å². The smallest absolute Gasteiger partial charge is 0.333 e. The molecule has 2 fully saturated rings. The number of hydrogen-bond donors (Lipinski definition) is 0. The minimum absolute atomic E-state index is 0.0786. The van der Waals surface area contributed by atoms with Gasteiger partial charge in [-0.3, -0.25) is 0 Å². The van der Waals surface area contributed by atoms with Gasteiger partial charge in [-0.2, -0.15) is 0 Å². The van der Waals surface area contributed by atoms with Gasteiger partial charge >= 0.3 is 5.97 Å². The van der Waals surface area contributed by atoms with Gasteiger partial charge in [0.05, 0.1) is 6.61 Å². The van der Waals surface area contributed by atoms with E-state index in [1.807, 2.05) is 0 Å². The van der Waals surface area contributed by atoms with Crippen LogP contribution in [0.25, 0.3) is 0 Å². The molecule has 0 aromatic heterocycles. The van der Waals surface area contributed by atoms with E-state index in [4.69, 9.17) is 9.47 Å². The minimum Gasteiger partial charge on any atom is -0.494 e. The molecule has 1 atom stereocenters. The third kappa shape index (κ3) is 10.4. The highest BCUT2D eigenvalue weighted by molar-refractivity contribution is 5.89. The summed E-state index contributed by atoms with van der Waals surface area (Å²) in [6.07, 6.45) is 23.0. The summed E-state index contributed by atoms with van der Waals surface area (Å²) in [4.78, 5) is 11.3. The predicted octanol–water partition coefficient (Wildman–Crippen LogP) is 9.30. The Morgan fingerprint density at radius 2 is 1.46 bits per heavy atom. The second kappa shape index (κ2) is 16.1. The van der Waals surface area contributed by atoms with Crippen molar-refractivity contribution in [2.24, 2.45) is 5.92 Å². The van der Waals surface area contributed by atoms with Crippen LogP contribution in [0.1, 0.15) is 134 Å². The van der Waals surface area contributed by atoms with Crippen molar-refractivity contribution in [1.29, 1.82) is 0 Å². The van der Waals surface area contributed by atoms with Gasteiger partial charge in [-0.15, -0.1) is 0 Å². The van der Waals surface area contributed by atoms with E-state index in [1.165, 1.54) is 95.5 Å². The number of esters is 1. The topological polar surface area (TPSA) is 35.5 Å². The first-order valence-electron chi connectivity index (χ1n) is 14.8. The Morgan fingerprint density at radius 3 is 2.11 bits per heavy atom. The van der Waals surface area contributed by atoms with Crippen molar-refractivity contribution in [3.63, 3.8) is 0 Å². The number of unbranched alkanes of at least 4 members (excludes halogenated alkanes) is 9. The lowest BCUT2D eigenvalue weighted by Crippen LogP contribution is -2.13. The van der Waals surface area contributed by atoms with Gasteiger partial charge in [0.1, 0.15) is 11.9 Å². The fraction of sp³-hybridized carbons (Fsp3) is 0.719. The first-order chi connectivity index (χ1) is 17.2. The van der Waals surface area contributed by atoms with Gasteiger partial charge in [-0.05, 0) is 74.5 Å². The van der Waals surface area contributed by atoms with E-state index in [-0.39, 0.29) is 12.1 Å². The van der Waals surface area contributed by atoms with Crippen molar-refractivity contribution in [2.75, 3.05) is 6.61 Å². The molecule has 3 heteroatoms. The second-order valence-electron chi connectivity index (χ2n) is 11.1. The van der Waals surface area contributed by atoms with Crippen LogP contribution in [0, 0.1) is 5.92 Å².